The van der Waals surface area contributed by atoms with Gasteiger partial charge in [0.1, 0.15) is 0 Å². The lowest BCUT2D eigenvalue weighted by Crippen LogP contribution is -2.21. The molecule has 0 aliphatic rings. The van der Waals surface area contributed by atoms with Gasteiger partial charge in [0.15, 0.2) is 0 Å². The summed E-state index contributed by atoms with van der Waals surface area (Å²) >= 11 is 5.89. The minimum atomic E-state index is -0.0997. The van der Waals surface area contributed by atoms with Crippen LogP contribution in [0.2, 0.25) is 0 Å². The largest absolute Gasteiger partial charge is 0.324 e. The first-order valence-electron chi connectivity index (χ1n) is 6.73. The van der Waals surface area contributed by atoms with Gasteiger partial charge >= 0.3 is 0 Å². The molecule has 3 N–H and O–H groups in total. The molecule has 2 atom stereocenters. The van der Waals surface area contributed by atoms with Gasteiger partial charge in [-0.3, -0.25) is 9.98 Å². The molecule has 0 saturated heterocycles. The second-order valence-electron chi connectivity index (χ2n) is 4.92. The normalized spacial score (nSPS) is 13.8. The van der Waals surface area contributed by atoms with E-state index in [1.165, 1.54) is 0 Å². The van der Waals surface area contributed by atoms with Crippen molar-refractivity contribution in [3.8, 4) is 0 Å². The molecule has 5 heteroatoms. The van der Waals surface area contributed by atoms with Crippen LogP contribution in [0.3, 0.4) is 0 Å². The number of hydrogen-bond acceptors (Lipinski definition) is 4. The van der Waals surface area contributed by atoms with Crippen LogP contribution >= 0.6 is 11.6 Å². The van der Waals surface area contributed by atoms with Crippen LogP contribution in [0, 0.1) is 0 Å². The van der Waals surface area contributed by atoms with Gasteiger partial charge in [-0.05, 0) is 45.2 Å². The summed E-state index contributed by atoms with van der Waals surface area (Å²) in [5, 5.41) is 3.62. The summed E-state index contributed by atoms with van der Waals surface area (Å²) < 4.78 is 0. The maximum absolute atomic E-state index is 6.26. The van der Waals surface area contributed by atoms with Crippen LogP contribution in [-0.2, 0) is 0 Å². The lowest BCUT2D eigenvalue weighted by atomic mass is 9.99. The first-order valence-corrected chi connectivity index (χ1v) is 7.11. The fourth-order valence-electron chi connectivity index (χ4n) is 1.98. The fourth-order valence-corrected chi connectivity index (χ4v) is 2.09. The summed E-state index contributed by atoms with van der Waals surface area (Å²) in [6.07, 6.45) is 4.65. The Hall–Kier alpha value is -1.23. The van der Waals surface area contributed by atoms with Gasteiger partial charge in [0.05, 0.1) is 22.6 Å². The standard InChI is InChI=1S/C15H23ClN4/c1-10(18-3)6-5-7-13(17)12-8-14(11(2)16)20-9-15(12)19-4/h8-10,13,18H,2,4-7,17H2,1,3H3. The number of aliphatic imine (C=N–C) groups is 1. The van der Waals surface area contributed by atoms with Gasteiger partial charge in [-0.2, -0.15) is 0 Å². The van der Waals surface area contributed by atoms with Gasteiger partial charge in [0.2, 0.25) is 0 Å². The van der Waals surface area contributed by atoms with Crippen LogP contribution in [0.4, 0.5) is 5.69 Å². The van der Waals surface area contributed by atoms with E-state index in [1.807, 2.05) is 13.1 Å². The average molecular weight is 295 g/mol. The Morgan fingerprint density at radius 3 is 2.80 bits per heavy atom. The number of nitrogens with zero attached hydrogens (tertiary/aromatic N) is 2. The second-order valence-corrected chi connectivity index (χ2v) is 5.37. The zero-order valence-corrected chi connectivity index (χ0v) is 13.0. The van der Waals surface area contributed by atoms with Crippen molar-refractivity contribution in [2.24, 2.45) is 10.7 Å². The Labute approximate surface area is 126 Å². The third-order valence-electron chi connectivity index (χ3n) is 3.41. The van der Waals surface area contributed by atoms with E-state index in [1.54, 1.807) is 6.20 Å². The van der Waals surface area contributed by atoms with Gasteiger partial charge in [0, 0.05) is 12.1 Å². The van der Waals surface area contributed by atoms with E-state index in [0.29, 0.717) is 22.5 Å². The van der Waals surface area contributed by atoms with Gasteiger partial charge in [-0.15, -0.1) is 0 Å². The lowest BCUT2D eigenvalue weighted by Gasteiger charge is -2.16. The topological polar surface area (TPSA) is 63.3 Å². The highest BCUT2D eigenvalue weighted by Crippen LogP contribution is 2.29. The number of nitrogens with one attached hydrogen (secondary N) is 1. The highest BCUT2D eigenvalue weighted by Gasteiger charge is 2.13. The Balaban J connectivity index is 2.79. The summed E-state index contributed by atoms with van der Waals surface area (Å²) in [6, 6.07) is 2.25. The summed E-state index contributed by atoms with van der Waals surface area (Å²) in [5.41, 5.74) is 8.52. The van der Waals surface area contributed by atoms with Gasteiger partial charge in [-0.25, -0.2) is 0 Å². The summed E-state index contributed by atoms with van der Waals surface area (Å²) in [6.45, 7) is 9.40. The van der Waals surface area contributed by atoms with E-state index in [4.69, 9.17) is 17.3 Å². The van der Waals surface area contributed by atoms with Crippen molar-refractivity contribution in [3.05, 3.63) is 30.1 Å². The Morgan fingerprint density at radius 2 is 2.25 bits per heavy atom. The molecule has 20 heavy (non-hydrogen) atoms. The fraction of sp³-hybridized carbons (Fsp3) is 0.467. The lowest BCUT2D eigenvalue weighted by molar-refractivity contribution is 0.502. The number of hydrogen-bond donors (Lipinski definition) is 2. The van der Waals surface area contributed by atoms with Crippen LogP contribution in [0.5, 0.6) is 0 Å². The predicted molar refractivity (Wildman–Crippen MR) is 87.6 cm³/mol. The van der Waals surface area contributed by atoms with E-state index < -0.39 is 0 Å². The smallest absolute Gasteiger partial charge is 0.0853 e. The van der Waals surface area contributed by atoms with Crippen molar-refractivity contribution in [1.82, 2.24) is 10.3 Å². The zero-order chi connectivity index (χ0) is 15.1. The highest BCUT2D eigenvalue weighted by atomic mass is 35.5. The van der Waals surface area contributed by atoms with E-state index in [2.05, 4.69) is 35.5 Å². The number of rotatable bonds is 8. The second kappa shape index (κ2) is 8.15. The Morgan fingerprint density at radius 1 is 1.55 bits per heavy atom. The highest BCUT2D eigenvalue weighted by molar-refractivity contribution is 6.48. The molecule has 1 aromatic rings. The van der Waals surface area contributed by atoms with Crippen LogP contribution in [0.25, 0.3) is 5.03 Å². The molecule has 1 rings (SSSR count). The quantitative estimate of drug-likeness (QED) is 0.722. The third-order valence-corrected chi connectivity index (χ3v) is 3.60. The SMILES string of the molecule is C=Nc1cnc(C(=C)Cl)cc1C(N)CCCC(C)NC. The molecule has 2 unspecified atom stereocenters. The molecular formula is C15H23ClN4. The molecule has 0 spiro atoms. The molecule has 0 saturated carbocycles. The molecule has 0 aliphatic carbocycles. The Kier molecular flexibility index (Phi) is 6.85. The molecule has 0 fully saturated rings. The molecule has 0 amide bonds. The molecule has 0 radical (unpaired) electrons. The molecule has 110 valence electrons. The molecule has 0 aromatic carbocycles. The van der Waals surface area contributed by atoms with Crippen molar-refractivity contribution in [3.63, 3.8) is 0 Å². The predicted octanol–water partition coefficient (Wildman–Crippen LogP) is 3.40. The number of aromatic nitrogens is 1. The van der Waals surface area contributed by atoms with E-state index >= 15 is 0 Å². The first-order chi connectivity index (χ1) is 9.49. The molecule has 0 aliphatic heterocycles. The molecule has 4 nitrogen and oxygen atoms in total. The maximum atomic E-state index is 6.26. The third kappa shape index (κ3) is 4.71. The minimum Gasteiger partial charge on any atom is -0.324 e. The van der Waals surface area contributed by atoms with Crippen molar-refractivity contribution in [1.29, 1.82) is 0 Å². The van der Waals surface area contributed by atoms with Crippen molar-refractivity contribution < 1.29 is 0 Å². The van der Waals surface area contributed by atoms with E-state index in [0.717, 1.165) is 24.8 Å². The van der Waals surface area contributed by atoms with E-state index in [9.17, 15) is 0 Å². The average Bonchev–Trinajstić information content (AvgIpc) is 2.45. The van der Waals surface area contributed by atoms with Gasteiger partial charge in [-0.1, -0.05) is 24.6 Å². The van der Waals surface area contributed by atoms with Gasteiger partial charge in [0.25, 0.3) is 0 Å². The molecule has 0 bridgehead atoms. The maximum Gasteiger partial charge on any atom is 0.0853 e. The summed E-state index contributed by atoms with van der Waals surface area (Å²) in [7, 11) is 1.96. The van der Waals surface area contributed by atoms with Crippen LogP contribution < -0.4 is 11.1 Å². The zero-order valence-electron chi connectivity index (χ0n) is 12.2. The Bertz CT molecular complexity index is 473. The van der Waals surface area contributed by atoms with Crippen LogP contribution in [-0.4, -0.2) is 24.8 Å². The van der Waals surface area contributed by atoms with Crippen LogP contribution in [0.15, 0.2) is 23.8 Å². The number of nitrogens with two attached hydrogens (primary N) is 1. The van der Waals surface area contributed by atoms with Crippen molar-refractivity contribution in [2.45, 2.75) is 38.3 Å². The summed E-state index contributed by atoms with van der Waals surface area (Å²) in [5.74, 6) is 0. The number of pyridine rings is 1. The monoisotopic (exact) mass is 294 g/mol. The van der Waals surface area contributed by atoms with Gasteiger partial charge < -0.3 is 11.1 Å². The van der Waals surface area contributed by atoms with Crippen molar-refractivity contribution in [2.75, 3.05) is 7.05 Å². The first kappa shape index (κ1) is 16.8. The van der Waals surface area contributed by atoms with Crippen molar-refractivity contribution >= 4 is 29.0 Å². The summed E-state index contributed by atoms with van der Waals surface area (Å²) in [4.78, 5) is 8.16. The minimum absolute atomic E-state index is 0.0997. The molecular weight excluding hydrogens is 272 g/mol. The molecule has 1 heterocycles. The van der Waals surface area contributed by atoms with Crippen LogP contribution in [0.1, 0.15) is 43.5 Å². The van der Waals surface area contributed by atoms with E-state index in [-0.39, 0.29) is 6.04 Å². The molecule has 1 aromatic heterocycles. The number of halogens is 1.